The summed E-state index contributed by atoms with van der Waals surface area (Å²) in [6.07, 6.45) is -7.51. The zero-order chi connectivity index (χ0) is 17.1. The van der Waals surface area contributed by atoms with E-state index >= 15 is 0 Å². The quantitative estimate of drug-likeness (QED) is 0.657. The Morgan fingerprint density at radius 1 is 1.50 bits per heavy atom. The third kappa shape index (κ3) is 4.32. The Hall–Kier alpha value is -2.36. The van der Waals surface area contributed by atoms with E-state index in [-0.39, 0.29) is 16.9 Å². The van der Waals surface area contributed by atoms with Crippen LogP contribution in [0.3, 0.4) is 0 Å². The molecule has 0 saturated heterocycles. The number of amides is 2. The summed E-state index contributed by atoms with van der Waals surface area (Å²) in [6.45, 7) is 0.446. The fraction of sp³-hybridized carbons (Fsp3) is 0.417. The van der Waals surface area contributed by atoms with Crippen molar-refractivity contribution < 1.29 is 28.0 Å². The zero-order valence-corrected chi connectivity index (χ0v) is 11.7. The molecular weight excluding hydrogens is 307 g/mol. The second kappa shape index (κ2) is 6.60. The van der Waals surface area contributed by atoms with Crippen LogP contribution in [0, 0.1) is 17.0 Å². The number of carbonyl (C=O) groups is 1. The third-order valence-corrected chi connectivity index (χ3v) is 2.91. The number of nitrogens with one attached hydrogen (secondary N) is 1. The molecule has 0 bridgehead atoms. The molecule has 122 valence electrons. The van der Waals surface area contributed by atoms with Crippen LogP contribution in [0.5, 0.6) is 0 Å². The van der Waals surface area contributed by atoms with Crippen LogP contribution in [0.4, 0.5) is 29.3 Å². The normalized spacial score (nSPS) is 12.6. The van der Waals surface area contributed by atoms with E-state index in [1.165, 1.54) is 25.1 Å². The van der Waals surface area contributed by atoms with Crippen LogP contribution in [0.1, 0.15) is 5.56 Å². The molecule has 10 heteroatoms. The summed E-state index contributed by atoms with van der Waals surface area (Å²) in [5.41, 5.74) is 0.0500. The van der Waals surface area contributed by atoms with Crippen molar-refractivity contribution in [3.8, 4) is 0 Å². The lowest BCUT2D eigenvalue weighted by Crippen LogP contribution is -2.43. The minimum absolute atomic E-state index is 0.104. The van der Waals surface area contributed by atoms with E-state index in [0.717, 1.165) is 7.05 Å². The van der Waals surface area contributed by atoms with E-state index in [2.05, 4.69) is 5.32 Å². The first-order chi connectivity index (χ1) is 10.0. The molecule has 0 saturated carbocycles. The average molecular weight is 321 g/mol. The number of benzene rings is 1. The van der Waals surface area contributed by atoms with Crippen molar-refractivity contribution >= 4 is 17.4 Å². The predicted molar refractivity (Wildman–Crippen MR) is 71.5 cm³/mol. The number of nitro benzene ring substituents is 1. The molecule has 1 rings (SSSR count). The Balaban J connectivity index is 2.81. The van der Waals surface area contributed by atoms with Gasteiger partial charge in [0.2, 0.25) is 0 Å². The average Bonchev–Trinajstić information content (AvgIpc) is 2.39. The lowest BCUT2D eigenvalue weighted by molar-refractivity contribution is -0.385. The zero-order valence-electron chi connectivity index (χ0n) is 11.7. The summed E-state index contributed by atoms with van der Waals surface area (Å²) in [6, 6.07) is 3.04. The standard InChI is InChI=1S/C12H14F3N3O4/c1-7-8(4-3-5-9(7)18(21)22)16-11(20)17(2)6-10(19)12(13,14)15/h3-5,10,19H,6H2,1-2H3,(H,16,20). The number of urea groups is 1. The van der Waals surface area contributed by atoms with Crippen LogP contribution in [0.15, 0.2) is 18.2 Å². The molecule has 1 aromatic carbocycles. The monoisotopic (exact) mass is 321 g/mol. The first-order valence-electron chi connectivity index (χ1n) is 6.05. The molecule has 0 aliphatic carbocycles. The number of aliphatic hydroxyl groups is 1. The van der Waals surface area contributed by atoms with Gasteiger partial charge in [-0.3, -0.25) is 10.1 Å². The summed E-state index contributed by atoms with van der Waals surface area (Å²) in [5, 5.41) is 21.9. The van der Waals surface area contributed by atoms with Crippen molar-refractivity contribution in [2.45, 2.75) is 19.2 Å². The summed E-state index contributed by atoms with van der Waals surface area (Å²) in [5.74, 6) is 0. The maximum Gasteiger partial charge on any atom is 0.416 e. The maximum atomic E-state index is 12.2. The first kappa shape index (κ1) is 17.7. The van der Waals surface area contributed by atoms with Crippen molar-refractivity contribution in [2.24, 2.45) is 0 Å². The lowest BCUT2D eigenvalue weighted by atomic mass is 10.1. The number of halogens is 3. The third-order valence-electron chi connectivity index (χ3n) is 2.91. The molecule has 0 spiro atoms. The Kier molecular flexibility index (Phi) is 5.31. The molecule has 1 aromatic rings. The van der Waals surface area contributed by atoms with Crippen molar-refractivity contribution in [1.82, 2.24) is 4.90 Å². The van der Waals surface area contributed by atoms with Crippen molar-refractivity contribution in [1.29, 1.82) is 0 Å². The van der Waals surface area contributed by atoms with E-state index in [1.807, 2.05) is 0 Å². The molecule has 1 atom stereocenters. The van der Waals surface area contributed by atoms with Gasteiger partial charge >= 0.3 is 12.2 Å². The van der Waals surface area contributed by atoms with Gasteiger partial charge in [0, 0.05) is 13.1 Å². The van der Waals surface area contributed by atoms with Gasteiger partial charge in [0.1, 0.15) is 0 Å². The Morgan fingerprint density at radius 3 is 2.59 bits per heavy atom. The Bertz CT molecular complexity index is 577. The Morgan fingerprint density at radius 2 is 2.09 bits per heavy atom. The number of hydrogen-bond acceptors (Lipinski definition) is 4. The summed E-state index contributed by atoms with van der Waals surface area (Å²) in [4.78, 5) is 22.5. The second-order valence-corrected chi connectivity index (χ2v) is 4.57. The topological polar surface area (TPSA) is 95.7 Å². The maximum absolute atomic E-state index is 12.2. The molecule has 1 unspecified atom stereocenters. The van der Waals surface area contributed by atoms with E-state index in [9.17, 15) is 28.1 Å². The largest absolute Gasteiger partial charge is 0.416 e. The molecule has 0 fully saturated rings. The van der Waals surface area contributed by atoms with Gasteiger partial charge in [0.15, 0.2) is 6.10 Å². The molecule has 2 amide bonds. The van der Waals surface area contributed by atoms with E-state index in [1.54, 1.807) is 0 Å². The molecule has 0 aromatic heterocycles. The van der Waals surface area contributed by atoms with Crippen molar-refractivity contribution in [3.63, 3.8) is 0 Å². The summed E-state index contributed by atoms with van der Waals surface area (Å²) in [7, 11) is 1.07. The van der Waals surface area contributed by atoms with Crippen LogP contribution < -0.4 is 5.32 Å². The predicted octanol–water partition coefficient (Wildman–Crippen LogP) is 2.29. The molecule has 2 N–H and O–H groups in total. The first-order valence-corrected chi connectivity index (χ1v) is 6.05. The van der Waals surface area contributed by atoms with E-state index in [0.29, 0.717) is 4.90 Å². The number of hydrogen-bond donors (Lipinski definition) is 2. The van der Waals surface area contributed by atoms with E-state index < -0.39 is 29.8 Å². The Labute approximate surface area is 123 Å². The molecule has 0 radical (unpaired) electrons. The van der Waals surface area contributed by atoms with Crippen LogP contribution >= 0.6 is 0 Å². The number of anilines is 1. The minimum atomic E-state index is -4.84. The fourth-order valence-electron chi connectivity index (χ4n) is 1.61. The molecule has 7 nitrogen and oxygen atoms in total. The molecule has 22 heavy (non-hydrogen) atoms. The molecule has 0 aliphatic heterocycles. The van der Waals surface area contributed by atoms with Gasteiger partial charge in [-0.25, -0.2) is 4.79 Å². The van der Waals surface area contributed by atoms with Gasteiger partial charge < -0.3 is 15.3 Å². The number of aliphatic hydroxyl groups excluding tert-OH is 1. The number of nitro groups is 1. The van der Waals surface area contributed by atoms with Crippen LogP contribution in [0.2, 0.25) is 0 Å². The van der Waals surface area contributed by atoms with Gasteiger partial charge in [-0.15, -0.1) is 0 Å². The highest BCUT2D eigenvalue weighted by atomic mass is 19.4. The molecular formula is C12H14F3N3O4. The van der Waals surface area contributed by atoms with E-state index in [4.69, 9.17) is 5.11 Å². The van der Waals surface area contributed by atoms with Crippen molar-refractivity contribution in [2.75, 3.05) is 18.9 Å². The second-order valence-electron chi connectivity index (χ2n) is 4.57. The van der Waals surface area contributed by atoms with Gasteiger partial charge in [-0.2, -0.15) is 13.2 Å². The van der Waals surface area contributed by atoms with Gasteiger partial charge in [-0.1, -0.05) is 6.07 Å². The minimum Gasteiger partial charge on any atom is -0.382 e. The number of alkyl halides is 3. The highest BCUT2D eigenvalue weighted by molar-refractivity contribution is 5.90. The summed E-state index contributed by atoms with van der Waals surface area (Å²) >= 11 is 0. The SMILES string of the molecule is Cc1c(NC(=O)N(C)CC(O)C(F)(F)F)cccc1[N+](=O)[O-]. The van der Waals surface area contributed by atoms with Crippen LogP contribution in [-0.4, -0.2) is 46.8 Å². The van der Waals surface area contributed by atoms with Crippen LogP contribution in [0.25, 0.3) is 0 Å². The highest BCUT2D eigenvalue weighted by Gasteiger charge is 2.39. The summed E-state index contributed by atoms with van der Waals surface area (Å²) < 4.78 is 36.7. The number of rotatable bonds is 4. The molecule has 0 heterocycles. The number of likely N-dealkylation sites (N-methyl/N-ethyl adjacent to an activating group) is 1. The van der Waals surface area contributed by atoms with Crippen molar-refractivity contribution in [3.05, 3.63) is 33.9 Å². The van der Waals surface area contributed by atoms with Gasteiger partial charge in [0.05, 0.1) is 22.7 Å². The molecule has 0 aliphatic rings. The van der Waals surface area contributed by atoms with Crippen LogP contribution in [-0.2, 0) is 0 Å². The lowest BCUT2D eigenvalue weighted by Gasteiger charge is -2.23. The highest BCUT2D eigenvalue weighted by Crippen LogP contribution is 2.25. The smallest absolute Gasteiger partial charge is 0.382 e. The number of carbonyl (C=O) groups excluding carboxylic acids is 1. The fourth-order valence-corrected chi connectivity index (χ4v) is 1.61. The van der Waals surface area contributed by atoms with Gasteiger partial charge in [0.25, 0.3) is 5.69 Å². The number of nitrogens with zero attached hydrogens (tertiary/aromatic N) is 2. The van der Waals surface area contributed by atoms with Gasteiger partial charge in [-0.05, 0) is 13.0 Å².